The van der Waals surface area contributed by atoms with Gasteiger partial charge in [0.2, 0.25) is 0 Å². The molecule has 2 N–H and O–H groups in total. The van der Waals surface area contributed by atoms with Crippen LogP contribution in [0.25, 0.3) is 0 Å². The molecule has 19 heavy (non-hydrogen) atoms. The predicted octanol–water partition coefficient (Wildman–Crippen LogP) is 1.01. The van der Waals surface area contributed by atoms with E-state index in [9.17, 15) is 14.7 Å². The molecular formula is C13H17NO5. The Balaban J connectivity index is 2.85. The third-order valence-corrected chi connectivity index (χ3v) is 2.46. The molecule has 0 bridgehead atoms. The molecular weight excluding hydrogens is 250 g/mol. The average Bonchev–Trinajstić information content (AvgIpc) is 2.44. The van der Waals surface area contributed by atoms with Crippen molar-refractivity contribution in [3.8, 4) is 0 Å². The van der Waals surface area contributed by atoms with Crippen LogP contribution in [-0.2, 0) is 14.3 Å². The summed E-state index contributed by atoms with van der Waals surface area (Å²) in [6.07, 6.45) is -1.99. The summed E-state index contributed by atoms with van der Waals surface area (Å²) < 4.78 is 9.25. The van der Waals surface area contributed by atoms with Crippen LogP contribution in [0.15, 0.2) is 30.3 Å². The lowest BCUT2D eigenvalue weighted by Crippen LogP contribution is -2.45. The lowest BCUT2D eigenvalue weighted by molar-refractivity contribution is -0.146. The van der Waals surface area contributed by atoms with Gasteiger partial charge < -0.3 is 19.9 Å². The molecule has 6 nitrogen and oxygen atoms in total. The number of hydrogen-bond donors (Lipinski definition) is 2. The van der Waals surface area contributed by atoms with Crippen molar-refractivity contribution < 1.29 is 24.2 Å². The number of methoxy groups -OCH3 is 1. The Labute approximate surface area is 111 Å². The summed E-state index contributed by atoms with van der Waals surface area (Å²) in [5.41, 5.74) is 0.495. The van der Waals surface area contributed by atoms with Crippen molar-refractivity contribution in [2.45, 2.75) is 19.1 Å². The molecule has 0 saturated heterocycles. The van der Waals surface area contributed by atoms with Gasteiger partial charge in [-0.15, -0.1) is 0 Å². The molecule has 0 radical (unpaired) electrons. The molecule has 1 aromatic carbocycles. The first kappa shape index (κ1) is 15.0. The van der Waals surface area contributed by atoms with Gasteiger partial charge in [0.1, 0.15) is 6.10 Å². The fourth-order valence-electron chi connectivity index (χ4n) is 1.54. The highest BCUT2D eigenvalue weighted by molar-refractivity contribution is 5.82. The van der Waals surface area contributed by atoms with E-state index in [4.69, 9.17) is 0 Å². The fourth-order valence-corrected chi connectivity index (χ4v) is 1.54. The molecule has 2 atom stereocenters. The first-order valence-electron chi connectivity index (χ1n) is 5.84. The van der Waals surface area contributed by atoms with Crippen molar-refractivity contribution in [3.63, 3.8) is 0 Å². The summed E-state index contributed by atoms with van der Waals surface area (Å²) in [7, 11) is 1.18. The maximum Gasteiger partial charge on any atom is 0.407 e. The quantitative estimate of drug-likeness (QED) is 0.778. The van der Waals surface area contributed by atoms with E-state index in [1.165, 1.54) is 7.11 Å². The standard InChI is InChI=1S/C13H17NO5/c1-3-19-13(17)14-10(12(16)18-2)11(15)9-7-5-4-6-8-9/h4-8,10-11,15H,3H2,1-2H3,(H,14,17). The van der Waals surface area contributed by atoms with E-state index >= 15 is 0 Å². The second-order valence-electron chi connectivity index (χ2n) is 3.72. The Hall–Kier alpha value is -2.08. The summed E-state index contributed by atoms with van der Waals surface area (Å²) in [6.45, 7) is 1.81. The summed E-state index contributed by atoms with van der Waals surface area (Å²) in [5.74, 6) is -0.746. The highest BCUT2D eigenvalue weighted by atomic mass is 16.6. The highest BCUT2D eigenvalue weighted by Gasteiger charge is 2.30. The van der Waals surface area contributed by atoms with Crippen molar-refractivity contribution >= 4 is 12.1 Å². The third-order valence-electron chi connectivity index (χ3n) is 2.46. The molecule has 0 aromatic heterocycles. The number of aliphatic hydroxyl groups is 1. The Morgan fingerprint density at radius 3 is 2.47 bits per heavy atom. The lowest BCUT2D eigenvalue weighted by Gasteiger charge is -2.21. The normalized spacial score (nSPS) is 13.2. The number of rotatable bonds is 5. The minimum absolute atomic E-state index is 0.168. The molecule has 0 aliphatic carbocycles. The number of carbonyl (C=O) groups excluding carboxylic acids is 2. The number of ether oxygens (including phenoxy) is 2. The number of nitrogens with one attached hydrogen (secondary N) is 1. The Morgan fingerprint density at radius 1 is 1.32 bits per heavy atom. The smallest absolute Gasteiger partial charge is 0.407 e. The van der Waals surface area contributed by atoms with Crippen LogP contribution in [0.4, 0.5) is 4.79 Å². The van der Waals surface area contributed by atoms with Crippen LogP contribution in [-0.4, -0.2) is 36.9 Å². The maximum atomic E-state index is 11.6. The van der Waals surface area contributed by atoms with Crippen LogP contribution in [0, 0.1) is 0 Å². The second-order valence-corrected chi connectivity index (χ2v) is 3.72. The van der Waals surface area contributed by atoms with Crippen molar-refractivity contribution in [3.05, 3.63) is 35.9 Å². The molecule has 104 valence electrons. The van der Waals surface area contributed by atoms with Gasteiger partial charge in [0, 0.05) is 0 Å². The SMILES string of the molecule is CCOC(=O)NC(C(=O)OC)C(O)c1ccccc1. The molecule has 6 heteroatoms. The first-order valence-corrected chi connectivity index (χ1v) is 5.84. The Bertz CT molecular complexity index is 420. The topological polar surface area (TPSA) is 84.9 Å². The Kier molecular flexibility index (Phi) is 5.81. The largest absolute Gasteiger partial charge is 0.467 e. The molecule has 1 rings (SSSR count). The summed E-state index contributed by atoms with van der Waals surface area (Å²) in [6, 6.07) is 7.30. The third kappa shape index (κ3) is 4.26. The minimum Gasteiger partial charge on any atom is -0.467 e. The zero-order chi connectivity index (χ0) is 14.3. The molecule has 0 heterocycles. The van der Waals surface area contributed by atoms with E-state index in [1.54, 1.807) is 37.3 Å². The number of esters is 1. The number of hydrogen-bond acceptors (Lipinski definition) is 5. The lowest BCUT2D eigenvalue weighted by atomic mass is 10.0. The van der Waals surface area contributed by atoms with Crippen molar-refractivity contribution in [1.29, 1.82) is 0 Å². The van der Waals surface area contributed by atoms with E-state index in [2.05, 4.69) is 14.8 Å². The number of alkyl carbamates (subject to hydrolysis) is 1. The van der Waals surface area contributed by atoms with Crippen LogP contribution in [0.3, 0.4) is 0 Å². The zero-order valence-electron chi connectivity index (χ0n) is 10.8. The van der Waals surface area contributed by atoms with Crippen LogP contribution in [0.2, 0.25) is 0 Å². The van der Waals surface area contributed by atoms with Crippen LogP contribution >= 0.6 is 0 Å². The van der Waals surface area contributed by atoms with Gasteiger partial charge in [0.05, 0.1) is 13.7 Å². The van der Waals surface area contributed by atoms with Gasteiger partial charge in [-0.05, 0) is 12.5 Å². The second kappa shape index (κ2) is 7.38. The molecule has 2 unspecified atom stereocenters. The number of benzene rings is 1. The van der Waals surface area contributed by atoms with Crippen molar-refractivity contribution in [1.82, 2.24) is 5.32 Å². The van der Waals surface area contributed by atoms with Crippen molar-refractivity contribution in [2.24, 2.45) is 0 Å². The van der Waals surface area contributed by atoms with Crippen LogP contribution in [0.1, 0.15) is 18.6 Å². The molecule has 0 aliphatic rings. The van der Waals surface area contributed by atoms with Gasteiger partial charge in [-0.25, -0.2) is 9.59 Å². The summed E-state index contributed by atoms with van der Waals surface area (Å²) in [5, 5.41) is 12.4. The monoisotopic (exact) mass is 267 g/mol. The van der Waals surface area contributed by atoms with Gasteiger partial charge in [-0.2, -0.15) is 0 Å². The summed E-state index contributed by atoms with van der Waals surface area (Å²) >= 11 is 0. The van der Waals surface area contributed by atoms with Gasteiger partial charge in [0.25, 0.3) is 0 Å². The van der Waals surface area contributed by atoms with Gasteiger partial charge in [0.15, 0.2) is 6.04 Å². The van der Waals surface area contributed by atoms with Crippen molar-refractivity contribution in [2.75, 3.05) is 13.7 Å². The van der Waals surface area contributed by atoms with E-state index in [0.29, 0.717) is 5.56 Å². The van der Waals surface area contributed by atoms with E-state index in [1.807, 2.05) is 0 Å². The van der Waals surface area contributed by atoms with E-state index in [0.717, 1.165) is 0 Å². The van der Waals surface area contributed by atoms with Gasteiger partial charge in [-0.3, -0.25) is 0 Å². The summed E-state index contributed by atoms with van der Waals surface area (Å²) in [4.78, 5) is 23.0. The molecule has 0 saturated carbocycles. The highest BCUT2D eigenvalue weighted by Crippen LogP contribution is 2.17. The number of amides is 1. The predicted molar refractivity (Wildman–Crippen MR) is 67.4 cm³/mol. The van der Waals surface area contributed by atoms with E-state index in [-0.39, 0.29) is 6.61 Å². The zero-order valence-corrected chi connectivity index (χ0v) is 10.8. The van der Waals surface area contributed by atoms with Gasteiger partial charge in [-0.1, -0.05) is 30.3 Å². The fraction of sp³-hybridized carbons (Fsp3) is 0.385. The van der Waals surface area contributed by atoms with Crippen LogP contribution < -0.4 is 5.32 Å². The molecule has 0 fully saturated rings. The van der Waals surface area contributed by atoms with E-state index < -0.39 is 24.2 Å². The number of carbonyl (C=O) groups is 2. The Morgan fingerprint density at radius 2 is 1.95 bits per heavy atom. The van der Waals surface area contributed by atoms with Crippen LogP contribution in [0.5, 0.6) is 0 Å². The molecule has 1 aromatic rings. The first-order chi connectivity index (χ1) is 9.10. The maximum absolute atomic E-state index is 11.6. The average molecular weight is 267 g/mol. The molecule has 0 aliphatic heterocycles. The van der Waals surface area contributed by atoms with Gasteiger partial charge >= 0.3 is 12.1 Å². The minimum atomic E-state index is -1.22. The molecule has 1 amide bonds. The number of aliphatic hydroxyl groups excluding tert-OH is 1. The molecule has 0 spiro atoms.